The Balaban J connectivity index is 2.26. The molecule has 4 nitrogen and oxygen atoms in total. The van der Waals surface area contributed by atoms with Gasteiger partial charge < -0.3 is 11.1 Å². The molecule has 0 bridgehead atoms. The molecule has 0 unspecified atom stereocenters. The van der Waals surface area contributed by atoms with Crippen molar-refractivity contribution in [1.82, 2.24) is 9.97 Å². The fourth-order valence-electron chi connectivity index (χ4n) is 1.29. The molecule has 0 aliphatic carbocycles. The lowest BCUT2D eigenvalue weighted by Crippen LogP contribution is -1.98. The van der Waals surface area contributed by atoms with Crippen LogP contribution in [0.4, 0.5) is 17.3 Å². The second kappa shape index (κ2) is 3.96. The Hall–Kier alpha value is -2.10. The van der Waals surface area contributed by atoms with Gasteiger partial charge in [-0.2, -0.15) is 0 Å². The molecule has 0 saturated carbocycles. The van der Waals surface area contributed by atoms with Gasteiger partial charge in [-0.1, -0.05) is 18.2 Å². The van der Waals surface area contributed by atoms with Crippen molar-refractivity contribution < 1.29 is 0 Å². The normalized spacial score (nSPS) is 9.93. The predicted molar refractivity (Wildman–Crippen MR) is 60.9 cm³/mol. The Labute approximate surface area is 88.2 Å². The number of nitrogen functional groups attached to an aromatic ring is 1. The molecule has 1 heterocycles. The van der Waals surface area contributed by atoms with Gasteiger partial charge in [-0.15, -0.1) is 0 Å². The first-order chi connectivity index (χ1) is 7.25. The number of nitrogens with one attached hydrogen (secondary N) is 1. The second-order valence-corrected chi connectivity index (χ2v) is 3.27. The van der Waals surface area contributed by atoms with E-state index in [1.165, 1.54) is 6.33 Å². The van der Waals surface area contributed by atoms with Crippen LogP contribution >= 0.6 is 0 Å². The summed E-state index contributed by atoms with van der Waals surface area (Å²) in [6.45, 7) is 2.03. The quantitative estimate of drug-likeness (QED) is 0.779. The fraction of sp³-hybridized carbons (Fsp3) is 0.0909. The fourth-order valence-corrected chi connectivity index (χ4v) is 1.29. The zero-order valence-electron chi connectivity index (χ0n) is 8.44. The third-order valence-corrected chi connectivity index (χ3v) is 2.10. The van der Waals surface area contributed by atoms with E-state index in [4.69, 9.17) is 5.73 Å². The van der Waals surface area contributed by atoms with Crippen molar-refractivity contribution in [3.63, 3.8) is 0 Å². The van der Waals surface area contributed by atoms with E-state index in [1.54, 1.807) is 6.07 Å². The van der Waals surface area contributed by atoms with Gasteiger partial charge in [0.05, 0.1) is 0 Å². The molecule has 15 heavy (non-hydrogen) atoms. The van der Waals surface area contributed by atoms with Crippen LogP contribution in [0.15, 0.2) is 36.7 Å². The van der Waals surface area contributed by atoms with E-state index in [0.717, 1.165) is 11.3 Å². The van der Waals surface area contributed by atoms with Gasteiger partial charge >= 0.3 is 0 Å². The van der Waals surface area contributed by atoms with E-state index in [2.05, 4.69) is 15.3 Å². The van der Waals surface area contributed by atoms with Crippen molar-refractivity contribution in [1.29, 1.82) is 0 Å². The van der Waals surface area contributed by atoms with Crippen LogP contribution in [0.1, 0.15) is 5.56 Å². The van der Waals surface area contributed by atoms with Crippen LogP contribution in [-0.2, 0) is 0 Å². The molecule has 3 N–H and O–H groups in total. The van der Waals surface area contributed by atoms with Gasteiger partial charge in [0.25, 0.3) is 0 Å². The van der Waals surface area contributed by atoms with E-state index >= 15 is 0 Å². The minimum atomic E-state index is 0.459. The van der Waals surface area contributed by atoms with E-state index in [-0.39, 0.29) is 0 Å². The molecular formula is C11H12N4. The number of rotatable bonds is 2. The summed E-state index contributed by atoms with van der Waals surface area (Å²) in [5.41, 5.74) is 7.74. The van der Waals surface area contributed by atoms with Crippen LogP contribution in [-0.4, -0.2) is 9.97 Å². The van der Waals surface area contributed by atoms with Crippen LogP contribution in [0.5, 0.6) is 0 Å². The highest BCUT2D eigenvalue weighted by molar-refractivity contribution is 5.61. The number of aromatic nitrogens is 2. The molecule has 0 radical (unpaired) electrons. The zero-order valence-corrected chi connectivity index (χ0v) is 8.44. The number of anilines is 3. The van der Waals surface area contributed by atoms with Crippen LogP contribution in [0.3, 0.4) is 0 Å². The van der Waals surface area contributed by atoms with Gasteiger partial charge in [0, 0.05) is 11.8 Å². The Morgan fingerprint density at radius 2 is 2.00 bits per heavy atom. The van der Waals surface area contributed by atoms with Crippen LogP contribution < -0.4 is 11.1 Å². The predicted octanol–water partition coefficient (Wildman–Crippen LogP) is 2.11. The van der Waals surface area contributed by atoms with Gasteiger partial charge in [0.1, 0.15) is 18.0 Å². The summed E-state index contributed by atoms with van der Waals surface area (Å²) in [6.07, 6.45) is 1.44. The highest BCUT2D eigenvalue weighted by Crippen LogP contribution is 2.18. The first-order valence-corrected chi connectivity index (χ1v) is 4.66. The van der Waals surface area contributed by atoms with Crippen molar-refractivity contribution in [3.05, 3.63) is 42.2 Å². The molecule has 0 saturated heterocycles. The maximum absolute atomic E-state index is 5.56. The molecule has 0 aliphatic rings. The molecule has 0 spiro atoms. The first kappa shape index (κ1) is 9.45. The molecule has 1 aromatic carbocycles. The molecule has 2 rings (SSSR count). The van der Waals surface area contributed by atoms with Crippen LogP contribution in [0.2, 0.25) is 0 Å². The van der Waals surface area contributed by atoms with Gasteiger partial charge in [-0.3, -0.25) is 0 Å². The van der Waals surface area contributed by atoms with Gasteiger partial charge in [-0.25, -0.2) is 9.97 Å². The van der Waals surface area contributed by atoms with E-state index in [1.807, 2.05) is 31.2 Å². The van der Waals surface area contributed by atoms with Gasteiger partial charge in [0.15, 0.2) is 0 Å². The number of nitrogens with two attached hydrogens (primary N) is 1. The zero-order chi connectivity index (χ0) is 10.7. The van der Waals surface area contributed by atoms with E-state index < -0.39 is 0 Å². The maximum Gasteiger partial charge on any atom is 0.135 e. The summed E-state index contributed by atoms with van der Waals surface area (Å²) in [7, 11) is 0. The third-order valence-electron chi connectivity index (χ3n) is 2.10. The second-order valence-electron chi connectivity index (χ2n) is 3.27. The molecule has 0 amide bonds. The summed E-state index contributed by atoms with van der Waals surface area (Å²) in [6, 6.07) is 9.70. The van der Waals surface area contributed by atoms with Crippen molar-refractivity contribution >= 4 is 17.3 Å². The average Bonchev–Trinajstić information content (AvgIpc) is 2.22. The Morgan fingerprint density at radius 3 is 2.73 bits per heavy atom. The number of hydrogen-bond acceptors (Lipinski definition) is 4. The maximum atomic E-state index is 5.56. The Morgan fingerprint density at radius 1 is 1.20 bits per heavy atom. The first-order valence-electron chi connectivity index (χ1n) is 4.66. The molecule has 1 aromatic heterocycles. The lowest BCUT2D eigenvalue weighted by Gasteiger charge is -2.07. The van der Waals surface area contributed by atoms with E-state index in [0.29, 0.717) is 11.6 Å². The van der Waals surface area contributed by atoms with Gasteiger partial charge in [-0.05, 0) is 18.6 Å². The number of nitrogens with zero attached hydrogens (tertiary/aromatic N) is 2. The van der Waals surface area contributed by atoms with Crippen molar-refractivity contribution in [2.75, 3.05) is 11.1 Å². The summed E-state index contributed by atoms with van der Waals surface area (Å²) in [4.78, 5) is 7.90. The summed E-state index contributed by atoms with van der Waals surface area (Å²) >= 11 is 0. The SMILES string of the molecule is Cc1ccccc1Nc1cc(N)ncn1. The lowest BCUT2D eigenvalue weighted by atomic mass is 10.2. The molecule has 0 aliphatic heterocycles. The third kappa shape index (κ3) is 2.22. The highest BCUT2D eigenvalue weighted by atomic mass is 15.0. The molecule has 76 valence electrons. The lowest BCUT2D eigenvalue weighted by molar-refractivity contribution is 1.17. The van der Waals surface area contributed by atoms with Crippen molar-refractivity contribution in [2.45, 2.75) is 6.92 Å². The van der Waals surface area contributed by atoms with Crippen LogP contribution in [0.25, 0.3) is 0 Å². The topological polar surface area (TPSA) is 63.8 Å². The van der Waals surface area contributed by atoms with Crippen LogP contribution in [0, 0.1) is 6.92 Å². The minimum Gasteiger partial charge on any atom is -0.384 e. The largest absolute Gasteiger partial charge is 0.384 e. The monoisotopic (exact) mass is 200 g/mol. The summed E-state index contributed by atoms with van der Waals surface area (Å²) in [5.74, 6) is 1.16. The minimum absolute atomic E-state index is 0.459. The summed E-state index contributed by atoms with van der Waals surface area (Å²) < 4.78 is 0. The number of benzene rings is 1. The number of para-hydroxylation sites is 1. The van der Waals surface area contributed by atoms with Crippen molar-refractivity contribution in [2.24, 2.45) is 0 Å². The van der Waals surface area contributed by atoms with E-state index in [9.17, 15) is 0 Å². The average molecular weight is 200 g/mol. The van der Waals surface area contributed by atoms with Gasteiger partial charge in [0.2, 0.25) is 0 Å². The standard InChI is InChI=1S/C11H12N4/c1-8-4-2-3-5-9(8)15-11-6-10(12)13-7-14-11/h2-7H,1H3,(H3,12,13,14,15). The number of aryl methyl sites for hydroxylation is 1. The molecule has 0 atom stereocenters. The molecule has 0 fully saturated rings. The highest BCUT2D eigenvalue weighted by Gasteiger charge is 1.99. The van der Waals surface area contributed by atoms with Crippen molar-refractivity contribution in [3.8, 4) is 0 Å². The smallest absolute Gasteiger partial charge is 0.135 e. The molecular weight excluding hydrogens is 188 g/mol. The Bertz CT molecular complexity index is 468. The number of hydrogen-bond donors (Lipinski definition) is 2. The molecule has 4 heteroatoms. The summed E-state index contributed by atoms with van der Waals surface area (Å²) in [5, 5.41) is 3.18. The Kier molecular flexibility index (Phi) is 2.49. The molecule has 2 aromatic rings.